The number of nitrogens with zero attached hydrogens (tertiary/aromatic N) is 3. The van der Waals surface area contributed by atoms with E-state index in [1.54, 1.807) is 6.33 Å². The zero-order chi connectivity index (χ0) is 13.9. The molecule has 1 aromatic rings. The van der Waals surface area contributed by atoms with Crippen molar-refractivity contribution in [3.8, 4) is 0 Å². The smallest absolute Gasteiger partial charge is 0.135 e. The average Bonchev–Trinajstić information content (AvgIpc) is 2.86. The lowest BCUT2D eigenvalue weighted by Crippen LogP contribution is -2.40. The second-order valence-corrected chi connectivity index (χ2v) is 6.27. The quantitative estimate of drug-likeness (QED) is 0.853. The Kier molecular flexibility index (Phi) is 4.40. The molecular weight excluding hydrogens is 236 g/mol. The predicted molar refractivity (Wildman–Crippen MR) is 79.4 cm³/mol. The van der Waals surface area contributed by atoms with E-state index in [9.17, 15) is 0 Å². The normalized spacial score (nSPS) is 14.5. The monoisotopic (exact) mass is 262 g/mol. The minimum Gasteiger partial charge on any atom is -0.356 e. The van der Waals surface area contributed by atoms with Gasteiger partial charge in [-0.1, -0.05) is 20.8 Å². The first-order chi connectivity index (χ1) is 9.07. The van der Waals surface area contributed by atoms with Crippen LogP contribution in [0.5, 0.6) is 0 Å². The van der Waals surface area contributed by atoms with Gasteiger partial charge in [0.05, 0.1) is 0 Å². The van der Waals surface area contributed by atoms with Crippen LogP contribution in [0, 0.1) is 5.41 Å². The van der Waals surface area contributed by atoms with Gasteiger partial charge in [0.2, 0.25) is 0 Å². The van der Waals surface area contributed by atoms with E-state index in [1.807, 2.05) is 0 Å². The molecule has 4 nitrogen and oxygen atoms in total. The average molecular weight is 262 g/mol. The summed E-state index contributed by atoms with van der Waals surface area (Å²) in [5.74, 6) is 1.14. The van der Waals surface area contributed by atoms with Crippen molar-refractivity contribution in [3.63, 3.8) is 0 Å². The number of aryl methyl sites for hydroxylation is 1. The van der Waals surface area contributed by atoms with E-state index in [1.165, 1.54) is 17.7 Å². The van der Waals surface area contributed by atoms with Crippen molar-refractivity contribution in [1.82, 2.24) is 9.97 Å². The number of anilines is 1. The Balaban J connectivity index is 2.27. The summed E-state index contributed by atoms with van der Waals surface area (Å²) in [5.41, 5.74) is 8.61. The van der Waals surface area contributed by atoms with E-state index >= 15 is 0 Å². The molecule has 0 unspecified atom stereocenters. The summed E-state index contributed by atoms with van der Waals surface area (Å²) in [5, 5.41) is 0. The number of rotatable bonds is 6. The number of aromatic nitrogens is 2. The second kappa shape index (κ2) is 5.87. The van der Waals surface area contributed by atoms with Crippen molar-refractivity contribution >= 4 is 5.82 Å². The van der Waals surface area contributed by atoms with Gasteiger partial charge in [-0.3, -0.25) is 0 Å². The third kappa shape index (κ3) is 3.24. The van der Waals surface area contributed by atoms with Gasteiger partial charge in [0, 0.05) is 24.3 Å². The highest BCUT2D eigenvalue weighted by molar-refractivity contribution is 5.50. The molecule has 0 saturated carbocycles. The van der Waals surface area contributed by atoms with E-state index in [-0.39, 0.29) is 5.41 Å². The maximum atomic E-state index is 5.88. The van der Waals surface area contributed by atoms with Crippen LogP contribution in [0.15, 0.2) is 6.33 Å². The summed E-state index contributed by atoms with van der Waals surface area (Å²) in [4.78, 5) is 11.4. The summed E-state index contributed by atoms with van der Waals surface area (Å²) in [6.07, 6.45) is 6.28. The molecular formula is C15H26N4. The van der Waals surface area contributed by atoms with E-state index in [0.717, 1.165) is 38.2 Å². The fraction of sp³-hybridized carbons (Fsp3) is 0.733. The minimum absolute atomic E-state index is 0.117. The Bertz CT molecular complexity index is 428. The van der Waals surface area contributed by atoms with Gasteiger partial charge in [-0.25, -0.2) is 9.97 Å². The van der Waals surface area contributed by atoms with Crippen LogP contribution in [0.4, 0.5) is 5.82 Å². The summed E-state index contributed by atoms with van der Waals surface area (Å²) in [6, 6.07) is 0. The minimum atomic E-state index is 0.117. The maximum Gasteiger partial charge on any atom is 0.135 e. The molecule has 4 heteroatoms. The lowest BCUT2D eigenvalue weighted by Gasteiger charge is -2.33. The van der Waals surface area contributed by atoms with Gasteiger partial charge >= 0.3 is 0 Å². The van der Waals surface area contributed by atoms with E-state index in [0.29, 0.717) is 6.54 Å². The second-order valence-electron chi connectivity index (χ2n) is 6.27. The highest BCUT2D eigenvalue weighted by atomic mass is 15.2. The number of hydrogen-bond acceptors (Lipinski definition) is 4. The molecule has 1 aliphatic rings. The van der Waals surface area contributed by atoms with Crippen molar-refractivity contribution in [1.29, 1.82) is 0 Å². The third-order valence-electron chi connectivity index (χ3n) is 3.82. The molecule has 2 N–H and O–H groups in total. The Morgan fingerprint density at radius 3 is 2.79 bits per heavy atom. The molecule has 0 aliphatic heterocycles. The molecule has 0 atom stereocenters. The van der Waals surface area contributed by atoms with Gasteiger partial charge in [0.15, 0.2) is 0 Å². The van der Waals surface area contributed by atoms with Crippen LogP contribution in [0.2, 0.25) is 0 Å². The predicted octanol–water partition coefficient (Wildman–Crippen LogP) is 2.17. The number of hydrogen-bond donors (Lipinski definition) is 1. The zero-order valence-corrected chi connectivity index (χ0v) is 12.4. The first kappa shape index (κ1) is 14.3. The molecule has 1 aliphatic carbocycles. The summed E-state index contributed by atoms with van der Waals surface area (Å²) >= 11 is 0. The molecule has 0 bridgehead atoms. The molecule has 19 heavy (non-hydrogen) atoms. The molecule has 106 valence electrons. The fourth-order valence-electron chi connectivity index (χ4n) is 2.73. The third-order valence-corrected chi connectivity index (χ3v) is 3.82. The van der Waals surface area contributed by atoms with Crippen LogP contribution in [0.1, 0.15) is 44.9 Å². The van der Waals surface area contributed by atoms with E-state index in [4.69, 9.17) is 5.73 Å². The van der Waals surface area contributed by atoms with Crippen LogP contribution in [-0.2, 0) is 12.8 Å². The van der Waals surface area contributed by atoms with Crippen LogP contribution < -0.4 is 10.6 Å². The highest BCUT2D eigenvalue weighted by Gasteiger charge is 2.25. The SMILES string of the molecule is CCCN(CC(C)(C)CN)c1ncnc2c1CCC2. The first-order valence-electron chi connectivity index (χ1n) is 7.35. The van der Waals surface area contributed by atoms with Crippen LogP contribution in [0.25, 0.3) is 0 Å². The molecule has 0 radical (unpaired) electrons. The largest absolute Gasteiger partial charge is 0.356 e. The Morgan fingerprint density at radius 2 is 2.11 bits per heavy atom. The fourth-order valence-corrected chi connectivity index (χ4v) is 2.73. The summed E-state index contributed by atoms with van der Waals surface area (Å²) in [6.45, 7) is 9.34. The molecule has 2 rings (SSSR count). The summed E-state index contributed by atoms with van der Waals surface area (Å²) in [7, 11) is 0. The van der Waals surface area contributed by atoms with E-state index < -0.39 is 0 Å². The standard InChI is InChI=1S/C15H26N4/c1-4-8-19(10-15(2,3)9-16)14-12-6-5-7-13(12)17-11-18-14/h11H,4-10,16H2,1-3H3. The molecule has 0 fully saturated rings. The molecule has 1 heterocycles. The van der Waals surface area contributed by atoms with Crippen molar-refractivity contribution in [3.05, 3.63) is 17.6 Å². The van der Waals surface area contributed by atoms with Crippen molar-refractivity contribution < 1.29 is 0 Å². The van der Waals surface area contributed by atoms with Gasteiger partial charge in [0.1, 0.15) is 12.1 Å². The number of fused-ring (bicyclic) bond motifs is 1. The molecule has 0 amide bonds. The molecule has 0 aromatic carbocycles. The Hall–Kier alpha value is -1.16. The van der Waals surface area contributed by atoms with Crippen LogP contribution in [-0.4, -0.2) is 29.6 Å². The molecule has 1 aromatic heterocycles. The maximum absolute atomic E-state index is 5.88. The first-order valence-corrected chi connectivity index (χ1v) is 7.35. The van der Waals surface area contributed by atoms with Crippen molar-refractivity contribution in [2.45, 2.75) is 46.5 Å². The topological polar surface area (TPSA) is 55.0 Å². The highest BCUT2D eigenvalue weighted by Crippen LogP contribution is 2.29. The van der Waals surface area contributed by atoms with Gasteiger partial charge < -0.3 is 10.6 Å². The van der Waals surface area contributed by atoms with Crippen molar-refractivity contribution in [2.24, 2.45) is 11.1 Å². The van der Waals surface area contributed by atoms with Gasteiger partial charge in [0.25, 0.3) is 0 Å². The Morgan fingerprint density at radius 1 is 1.32 bits per heavy atom. The van der Waals surface area contributed by atoms with Gasteiger partial charge in [-0.05, 0) is 37.6 Å². The van der Waals surface area contributed by atoms with Gasteiger partial charge in [-0.15, -0.1) is 0 Å². The van der Waals surface area contributed by atoms with Crippen LogP contribution in [0.3, 0.4) is 0 Å². The lowest BCUT2D eigenvalue weighted by atomic mass is 9.93. The number of nitrogens with two attached hydrogens (primary N) is 1. The van der Waals surface area contributed by atoms with Crippen LogP contribution >= 0.6 is 0 Å². The molecule has 0 saturated heterocycles. The van der Waals surface area contributed by atoms with E-state index in [2.05, 4.69) is 35.6 Å². The molecule has 0 spiro atoms. The van der Waals surface area contributed by atoms with Crippen molar-refractivity contribution in [2.75, 3.05) is 24.5 Å². The Labute approximate surface area is 116 Å². The lowest BCUT2D eigenvalue weighted by molar-refractivity contribution is 0.376. The summed E-state index contributed by atoms with van der Waals surface area (Å²) < 4.78 is 0. The van der Waals surface area contributed by atoms with Gasteiger partial charge in [-0.2, -0.15) is 0 Å². The zero-order valence-electron chi connectivity index (χ0n) is 12.4.